The number of nitrogens with zero attached hydrogens (tertiary/aromatic N) is 2. The van der Waals surface area contributed by atoms with Gasteiger partial charge < -0.3 is 0 Å². The lowest BCUT2D eigenvalue weighted by Crippen LogP contribution is -2.27. The maximum Gasteiger partial charge on any atom is 0.442 e. The summed E-state index contributed by atoms with van der Waals surface area (Å²) in [5.74, 6) is 0.0627. The molecule has 1 atom stereocenters. The van der Waals surface area contributed by atoms with E-state index in [9.17, 15) is 9.59 Å². The first-order chi connectivity index (χ1) is 7.74. The van der Waals surface area contributed by atoms with E-state index in [1.807, 2.05) is 0 Å². The van der Waals surface area contributed by atoms with Crippen molar-refractivity contribution in [1.82, 2.24) is 9.72 Å². The molecule has 0 N–H and O–H groups in total. The van der Waals surface area contributed by atoms with Gasteiger partial charge in [-0.05, 0) is 12.8 Å². The molecule has 0 amide bonds. The van der Waals surface area contributed by atoms with Crippen molar-refractivity contribution in [2.24, 2.45) is 0 Å². The number of fused-ring (bicyclic) bond motifs is 1. The molecule has 0 aromatic carbocycles. The minimum Gasteiger partial charge on any atom is -0.297 e. The van der Waals surface area contributed by atoms with Crippen molar-refractivity contribution >= 4 is 5.78 Å². The quantitative estimate of drug-likeness (QED) is 0.722. The van der Waals surface area contributed by atoms with Crippen LogP contribution in [0.2, 0.25) is 0 Å². The van der Waals surface area contributed by atoms with Crippen LogP contribution in [0.1, 0.15) is 37.5 Å². The van der Waals surface area contributed by atoms with E-state index in [1.165, 1.54) is 4.57 Å². The van der Waals surface area contributed by atoms with E-state index in [0.29, 0.717) is 18.7 Å². The average Bonchev–Trinajstić information content (AvgIpc) is 2.52. The Kier molecular flexibility index (Phi) is 3.03. The zero-order chi connectivity index (χ0) is 11.5. The summed E-state index contributed by atoms with van der Waals surface area (Å²) >= 11 is 0. The van der Waals surface area contributed by atoms with Crippen molar-refractivity contribution in [2.75, 3.05) is 0 Å². The van der Waals surface area contributed by atoms with Gasteiger partial charge in [0, 0.05) is 12.8 Å². The number of carbonyl (C=O) groups excluding carboxylic acids is 1. The van der Waals surface area contributed by atoms with Crippen LogP contribution in [-0.4, -0.2) is 15.5 Å². The van der Waals surface area contributed by atoms with E-state index in [0.717, 1.165) is 12.8 Å². The van der Waals surface area contributed by atoms with Gasteiger partial charge in [-0.15, -0.1) is 6.58 Å². The van der Waals surface area contributed by atoms with Gasteiger partial charge in [0.15, 0.2) is 11.6 Å². The summed E-state index contributed by atoms with van der Waals surface area (Å²) in [5, 5.41) is 3.71. The summed E-state index contributed by atoms with van der Waals surface area (Å²) in [6.07, 6.45) is 5.08. The molecular formula is C11H14N2O3. The lowest BCUT2D eigenvalue weighted by atomic mass is 10.0. The minimum atomic E-state index is -0.528. The largest absolute Gasteiger partial charge is 0.442 e. The molecule has 2 rings (SSSR count). The van der Waals surface area contributed by atoms with Crippen molar-refractivity contribution in [1.29, 1.82) is 0 Å². The van der Waals surface area contributed by atoms with E-state index in [-0.39, 0.29) is 12.2 Å². The molecule has 16 heavy (non-hydrogen) atoms. The fraction of sp³-hybridized carbons (Fsp3) is 0.545. The lowest BCUT2D eigenvalue weighted by molar-refractivity contribution is -0.121. The second kappa shape index (κ2) is 4.47. The van der Waals surface area contributed by atoms with E-state index in [2.05, 4.69) is 16.3 Å². The monoisotopic (exact) mass is 222 g/mol. The molecular weight excluding hydrogens is 208 g/mol. The molecule has 1 aliphatic rings. The molecule has 0 spiro atoms. The second-order valence-corrected chi connectivity index (χ2v) is 3.96. The molecule has 1 unspecified atom stereocenters. The zero-order valence-corrected chi connectivity index (χ0v) is 9.02. The van der Waals surface area contributed by atoms with Crippen molar-refractivity contribution in [2.45, 2.75) is 38.1 Å². The van der Waals surface area contributed by atoms with Gasteiger partial charge in [0.05, 0.1) is 0 Å². The third-order valence-corrected chi connectivity index (χ3v) is 2.86. The molecule has 0 saturated carbocycles. The highest BCUT2D eigenvalue weighted by Crippen LogP contribution is 2.23. The molecule has 1 aliphatic heterocycles. The molecule has 0 aliphatic carbocycles. The van der Waals surface area contributed by atoms with Crippen LogP contribution >= 0.6 is 0 Å². The molecule has 0 fully saturated rings. The molecule has 1 aromatic heterocycles. The Morgan fingerprint density at radius 3 is 3.19 bits per heavy atom. The summed E-state index contributed by atoms with van der Waals surface area (Å²) in [4.78, 5) is 23.4. The van der Waals surface area contributed by atoms with Crippen molar-refractivity contribution in [3.05, 3.63) is 29.0 Å². The summed E-state index contributed by atoms with van der Waals surface area (Å²) in [6.45, 7) is 3.54. The second-order valence-electron chi connectivity index (χ2n) is 3.96. The number of rotatable bonds is 3. The third-order valence-electron chi connectivity index (χ3n) is 2.86. The molecule has 5 heteroatoms. The number of allylic oxidation sites excluding steroid dienone is 1. The van der Waals surface area contributed by atoms with Gasteiger partial charge in [0.2, 0.25) is 0 Å². The zero-order valence-electron chi connectivity index (χ0n) is 9.02. The number of Topliss-reactive ketones (excluding diaryl/α,β-unsaturated/α-hetero) is 1. The smallest absolute Gasteiger partial charge is 0.297 e. The van der Waals surface area contributed by atoms with Gasteiger partial charge in [-0.3, -0.25) is 9.32 Å². The highest BCUT2D eigenvalue weighted by atomic mass is 16.5. The number of aryl methyl sites for hydroxylation is 1. The van der Waals surface area contributed by atoms with Gasteiger partial charge in [0.25, 0.3) is 0 Å². The van der Waals surface area contributed by atoms with E-state index < -0.39 is 11.8 Å². The summed E-state index contributed by atoms with van der Waals surface area (Å²) < 4.78 is 6.01. The molecule has 2 heterocycles. The van der Waals surface area contributed by atoms with Gasteiger partial charge in [-0.1, -0.05) is 17.7 Å². The molecule has 0 saturated heterocycles. The van der Waals surface area contributed by atoms with Crippen LogP contribution in [0, 0.1) is 0 Å². The van der Waals surface area contributed by atoms with Crippen LogP contribution in [0.15, 0.2) is 22.0 Å². The van der Waals surface area contributed by atoms with E-state index in [1.54, 1.807) is 6.08 Å². The maximum absolute atomic E-state index is 11.9. The normalized spacial score (nSPS) is 19.9. The third kappa shape index (κ3) is 1.85. The topological polar surface area (TPSA) is 65.1 Å². The predicted molar refractivity (Wildman–Crippen MR) is 57.2 cm³/mol. The number of ketones is 1. The first kappa shape index (κ1) is 10.9. The van der Waals surface area contributed by atoms with Crippen molar-refractivity contribution < 1.29 is 9.32 Å². The van der Waals surface area contributed by atoms with Crippen molar-refractivity contribution in [3.8, 4) is 0 Å². The lowest BCUT2D eigenvalue weighted by Gasteiger charge is -2.13. The Morgan fingerprint density at radius 1 is 1.62 bits per heavy atom. The Bertz CT molecular complexity index is 458. The summed E-state index contributed by atoms with van der Waals surface area (Å²) in [7, 11) is 0. The fourth-order valence-corrected chi connectivity index (χ4v) is 2.09. The van der Waals surface area contributed by atoms with Crippen LogP contribution in [-0.2, 0) is 11.2 Å². The Balaban J connectivity index is 2.38. The number of aromatic nitrogens is 2. The van der Waals surface area contributed by atoms with Crippen LogP contribution in [0.4, 0.5) is 0 Å². The minimum absolute atomic E-state index is 0.00319. The fourth-order valence-electron chi connectivity index (χ4n) is 2.09. The molecule has 86 valence electrons. The van der Waals surface area contributed by atoms with Gasteiger partial charge in [-0.25, -0.2) is 9.36 Å². The Morgan fingerprint density at radius 2 is 2.44 bits per heavy atom. The Hall–Kier alpha value is -1.65. The van der Waals surface area contributed by atoms with Gasteiger partial charge >= 0.3 is 5.76 Å². The van der Waals surface area contributed by atoms with Crippen molar-refractivity contribution in [3.63, 3.8) is 0 Å². The van der Waals surface area contributed by atoms with Crippen LogP contribution in [0.3, 0.4) is 0 Å². The van der Waals surface area contributed by atoms with Crippen LogP contribution in [0.25, 0.3) is 0 Å². The highest BCUT2D eigenvalue weighted by molar-refractivity contribution is 5.83. The van der Waals surface area contributed by atoms with E-state index >= 15 is 0 Å². The molecule has 1 aromatic rings. The molecule has 0 radical (unpaired) electrons. The van der Waals surface area contributed by atoms with Crippen LogP contribution in [0.5, 0.6) is 0 Å². The number of hydrogen-bond donors (Lipinski definition) is 0. The molecule has 0 bridgehead atoms. The maximum atomic E-state index is 11.9. The average molecular weight is 222 g/mol. The predicted octanol–water partition coefficient (Wildman–Crippen LogP) is 1.25. The Labute approximate surface area is 92.7 Å². The first-order valence-electron chi connectivity index (χ1n) is 5.44. The van der Waals surface area contributed by atoms with Crippen LogP contribution < -0.4 is 5.76 Å². The summed E-state index contributed by atoms with van der Waals surface area (Å²) in [6, 6.07) is -0.422. The van der Waals surface area contributed by atoms with E-state index in [4.69, 9.17) is 0 Å². The SMILES string of the molecule is C=CCC(=O)C1CCCCc2noc(=O)n21. The number of carbonyl (C=O) groups is 1. The first-order valence-corrected chi connectivity index (χ1v) is 5.44. The number of hydrogen-bond acceptors (Lipinski definition) is 4. The molecule has 5 nitrogen and oxygen atoms in total. The summed E-state index contributed by atoms with van der Waals surface area (Å²) in [5.41, 5.74) is 0. The highest BCUT2D eigenvalue weighted by Gasteiger charge is 2.27. The standard InChI is InChI=1S/C11H14N2O3/c1-2-5-9(14)8-6-3-4-7-10-12-16-11(15)13(8)10/h2,8H,1,3-7H2. The van der Waals surface area contributed by atoms with Gasteiger partial charge in [-0.2, -0.15) is 0 Å². The van der Waals surface area contributed by atoms with Gasteiger partial charge in [0.1, 0.15) is 6.04 Å².